The first kappa shape index (κ1) is 16.2. The molecule has 3 N–H and O–H groups in total. The van der Waals surface area contributed by atoms with E-state index in [0.29, 0.717) is 10.7 Å². The zero-order chi connectivity index (χ0) is 16.4. The van der Waals surface area contributed by atoms with Crippen molar-refractivity contribution >= 4 is 73.8 Å². The van der Waals surface area contributed by atoms with E-state index >= 15 is 0 Å². The lowest BCUT2D eigenvalue weighted by molar-refractivity contribution is 0.459. The number of nitrogens with one attached hydrogen (secondary N) is 2. The van der Waals surface area contributed by atoms with Gasteiger partial charge in [-0.05, 0) is 65.1 Å². The van der Waals surface area contributed by atoms with Crippen molar-refractivity contribution in [3.63, 3.8) is 0 Å². The maximum absolute atomic E-state index is 10.0. The second-order valence-electron chi connectivity index (χ2n) is 4.62. The van der Waals surface area contributed by atoms with Crippen molar-refractivity contribution in [2.45, 2.75) is 0 Å². The van der Waals surface area contributed by atoms with Crippen molar-refractivity contribution < 1.29 is 5.11 Å². The van der Waals surface area contributed by atoms with Crippen molar-refractivity contribution in [3.8, 4) is 5.88 Å². The number of hydrogen-bond donors (Lipinski definition) is 3. The van der Waals surface area contributed by atoms with Gasteiger partial charge >= 0.3 is 0 Å². The standard InChI is InChI=1S/C15H10ClIN4OS/c16-8-4-6-9(7-5-8)18-15(23)21-20-13-10-2-1-3-11(17)12(10)19-14(13)22/h1-7,19,22H,(H,18,23). The number of anilines is 1. The van der Waals surface area contributed by atoms with Gasteiger partial charge in [-0.3, -0.25) is 0 Å². The summed E-state index contributed by atoms with van der Waals surface area (Å²) in [6, 6.07) is 12.8. The number of hydrogen-bond acceptors (Lipinski definition) is 3. The van der Waals surface area contributed by atoms with Gasteiger partial charge in [0.2, 0.25) is 11.0 Å². The summed E-state index contributed by atoms with van der Waals surface area (Å²) >= 11 is 13.1. The van der Waals surface area contributed by atoms with E-state index in [1.54, 1.807) is 24.3 Å². The third kappa shape index (κ3) is 3.62. The molecule has 0 spiro atoms. The van der Waals surface area contributed by atoms with Crippen LogP contribution in [-0.2, 0) is 0 Å². The highest BCUT2D eigenvalue weighted by atomic mass is 127. The van der Waals surface area contributed by atoms with E-state index in [-0.39, 0.29) is 11.0 Å². The molecule has 23 heavy (non-hydrogen) atoms. The molecule has 3 rings (SSSR count). The van der Waals surface area contributed by atoms with Gasteiger partial charge < -0.3 is 15.4 Å². The number of fused-ring (bicyclic) bond motifs is 1. The van der Waals surface area contributed by atoms with Gasteiger partial charge in [0.15, 0.2) is 5.69 Å². The third-order valence-corrected chi connectivity index (χ3v) is 4.41. The van der Waals surface area contributed by atoms with Crippen LogP contribution in [0.4, 0.5) is 11.4 Å². The van der Waals surface area contributed by atoms with Crippen LogP contribution in [0.25, 0.3) is 10.9 Å². The van der Waals surface area contributed by atoms with Crippen molar-refractivity contribution in [1.29, 1.82) is 0 Å². The molecule has 1 aromatic heterocycles. The lowest BCUT2D eigenvalue weighted by atomic mass is 10.2. The Morgan fingerprint density at radius 3 is 2.70 bits per heavy atom. The van der Waals surface area contributed by atoms with Gasteiger partial charge in [-0.1, -0.05) is 23.7 Å². The number of H-pyrrole nitrogens is 1. The largest absolute Gasteiger partial charge is 0.493 e. The van der Waals surface area contributed by atoms with Crippen LogP contribution in [0, 0.1) is 3.57 Å². The molecule has 0 atom stereocenters. The molecule has 0 amide bonds. The highest BCUT2D eigenvalue weighted by Gasteiger charge is 2.12. The molecule has 0 bridgehead atoms. The Morgan fingerprint density at radius 2 is 1.96 bits per heavy atom. The van der Waals surface area contributed by atoms with Gasteiger partial charge in [-0.25, -0.2) is 0 Å². The van der Waals surface area contributed by atoms with Crippen LogP contribution in [0.5, 0.6) is 5.88 Å². The minimum Gasteiger partial charge on any atom is -0.493 e. The Hall–Kier alpha value is -1.71. The second-order valence-corrected chi connectivity index (χ2v) is 6.61. The summed E-state index contributed by atoms with van der Waals surface area (Å²) in [5.41, 5.74) is 1.94. The number of para-hydroxylation sites is 1. The molecule has 0 aliphatic heterocycles. The molecule has 0 saturated heterocycles. The van der Waals surface area contributed by atoms with Crippen LogP contribution < -0.4 is 5.32 Å². The molecule has 8 heteroatoms. The maximum Gasteiger partial charge on any atom is 0.218 e. The highest BCUT2D eigenvalue weighted by molar-refractivity contribution is 14.1. The van der Waals surface area contributed by atoms with Crippen LogP contribution >= 0.6 is 46.4 Å². The first-order valence-corrected chi connectivity index (χ1v) is 8.38. The molecule has 1 heterocycles. The van der Waals surface area contributed by atoms with Gasteiger partial charge in [0.1, 0.15) is 0 Å². The van der Waals surface area contributed by atoms with Gasteiger partial charge in [0, 0.05) is 19.7 Å². The van der Waals surface area contributed by atoms with Gasteiger partial charge in [0.05, 0.1) is 5.52 Å². The van der Waals surface area contributed by atoms with E-state index < -0.39 is 0 Å². The molecule has 0 aliphatic carbocycles. The van der Waals surface area contributed by atoms with Gasteiger partial charge in [-0.15, -0.1) is 10.2 Å². The molecule has 0 saturated carbocycles. The Labute approximate surface area is 155 Å². The number of halogens is 2. The molecule has 5 nitrogen and oxygen atoms in total. The average molecular weight is 457 g/mol. The summed E-state index contributed by atoms with van der Waals surface area (Å²) in [7, 11) is 0. The van der Waals surface area contributed by atoms with Crippen molar-refractivity contribution in [2.24, 2.45) is 10.2 Å². The molecule has 0 unspecified atom stereocenters. The molecular weight excluding hydrogens is 447 g/mol. The Kier molecular flexibility index (Phi) is 4.79. The van der Waals surface area contributed by atoms with Crippen LogP contribution in [0.2, 0.25) is 5.02 Å². The third-order valence-electron chi connectivity index (χ3n) is 3.07. The normalized spacial score (nSPS) is 11.2. The van der Waals surface area contributed by atoms with E-state index in [1.807, 2.05) is 18.2 Å². The zero-order valence-electron chi connectivity index (χ0n) is 11.5. The summed E-state index contributed by atoms with van der Waals surface area (Å²) in [4.78, 5) is 2.89. The quantitative estimate of drug-likeness (QED) is 0.266. The lowest BCUT2D eigenvalue weighted by Crippen LogP contribution is -2.04. The molecule has 3 aromatic rings. The first-order chi connectivity index (χ1) is 11.0. The fourth-order valence-corrected chi connectivity index (χ4v) is 2.95. The zero-order valence-corrected chi connectivity index (χ0v) is 15.3. The maximum atomic E-state index is 10.0. The SMILES string of the molecule is Oc1[nH]c2c(I)cccc2c1N=NC(=S)Nc1ccc(Cl)cc1. The van der Waals surface area contributed by atoms with Gasteiger partial charge in [-0.2, -0.15) is 0 Å². The number of aromatic nitrogens is 1. The predicted octanol–water partition coefficient (Wildman–Crippen LogP) is 5.61. The lowest BCUT2D eigenvalue weighted by Gasteiger charge is -2.02. The van der Waals surface area contributed by atoms with Crippen LogP contribution in [0.1, 0.15) is 0 Å². The topological polar surface area (TPSA) is 72.8 Å². The minimum absolute atomic E-state index is 0.0397. The smallest absolute Gasteiger partial charge is 0.218 e. The van der Waals surface area contributed by atoms with E-state index in [4.69, 9.17) is 23.8 Å². The number of rotatable bonds is 2. The second kappa shape index (κ2) is 6.81. The van der Waals surface area contributed by atoms with E-state index in [2.05, 4.69) is 43.1 Å². The number of thiocarbonyl (C=S) groups is 1. The number of nitrogens with zero attached hydrogens (tertiary/aromatic N) is 2. The molecule has 0 radical (unpaired) electrons. The summed E-state index contributed by atoms with van der Waals surface area (Å²) in [5.74, 6) is -0.0397. The molecular formula is C15H10ClIN4OS. The average Bonchev–Trinajstić information content (AvgIpc) is 2.85. The Bertz CT molecular complexity index is 908. The van der Waals surface area contributed by atoms with Crippen LogP contribution in [-0.4, -0.2) is 15.2 Å². The Morgan fingerprint density at radius 1 is 1.22 bits per heavy atom. The van der Waals surface area contributed by atoms with Crippen molar-refractivity contribution in [3.05, 3.63) is 51.1 Å². The number of benzene rings is 2. The number of azo groups is 1. The van der Waals surface area contributed by atoms with E-state index in [9.17, 15) is 5.11 Å². The number of aromatic amines is 1. The van der Waals surface area contributed by atoms with Crippen molar-refractivity contribution in [1.82, 2.24) is 4.98 Å². The molecule has 0 fully saturated rings. The molecule has 116 valence electrons. The van der Waals surface area contributed by atoms with Crippen LogP contribution in [0.15, 0.2) is 52.7 Å². The van der Waals surface area contributed by atoms with Crippen molar-refractivity contribution in [2.75, 3.05) is 5.32 Å². The Balaban J connectivity index is 1.82. The summed E-state index contributed by atoms with van der Waals surface area (Å²) in [5, 5.41) is 22.6. The predicted molar refractivity (Wildman–Crippen MR) is 105 cm³/mol. The molecule has 0 aliphatic rings. The fraction of sp³-hybridized carbons (Fsp3) is 0. The highest BCUT2D eigenvalue weighted by Crippen LogP contribution is 2.37. The number of aromatic hydroxyl groups is 1. The minimum atomic E-state index is -0.0397. The fourth-order valence-electron chi connectivity index (χ4n) is 2.03. The summed E-state index contributed by atoms with van der Waals surface area (Å²) in [6.45, 7) is 0. The summed E-state index contributed by atoms with van der Waals surface area (Å²) in [6.07, 6.45) is 0. The summed E-state index contributed by atoms with van der Waals surface area (Å²) < 4.78 is 0.985. The van der Waals surface area contributed by atoms with E-state index in [1.165, 1.54) is 0 Å². The van der Waals surface area contributed by atoms with E-state index in [0.717, 1.165) is 20.2 Å². The monoisotopic (exact) mass is 456 g/mol. The van der Waals surface area contributed by atoms with Gasteiger partial charge in [0.25, 0.3) is 0 Å². The molecule has 2 aromatic carbocycles. The van der Waals surface area contributed by atoms with Crippen LogP contribution in [0.3, 0.4) is 0 Å². The first-order valence-electron chi connectivity index (χ1n) is 6.52.